The smallest absolute Gasteiger partial charge is 0.251 e. The molecule has 0 bridgehead atoms. The minimum absolute atomic E-state index is 0. The molecule has 22 heavy (non-hydrogen) atoms. The molecule has 1 fully saturated rings. The van der Waals surface area contributed by atoms with Crippen LogP contribution in [0.5, 0.6) is 5.75 Å². The number of hydrogen-bond acceptors (Lipinski definition) is 3. The van der Waals surface area contributed by atoms with Crippen molar-refractivity contribution in [1.82, 2.24) is 10.6 Å². The van der Waals surface area contributed by atoms with Gasteiger partial charge in [0.05, 0.1) is 6.61 Å². The van der Waals surface area contributed by atoms with Gasteiger partial charge >= 0.3 is 0 Å². The average Bonchev–Trinajstić information content (AvgIpc) is 3.36. The SMILES string of the molecule is Cl.O=C(NCC1=CCNCC1)c1ccc(OCC2CC2)cc1. The predicted octanol–water partition coefficient (Wildman–Crippen LogP) is 2.55. The quantitative estimate of drug-likeness (QED) is 0.791. The normalized spacial score (nSPS) is 17.2. The summed E-state index contributed by atoms with van der Waals surface area (Å²) in [6.45, 7) is 3.33. The molecule has 1 saturated carbocycles. The monoisotopic (exact) mass is 322 g/mol. The number of amides is 1. The number of ether oxygens (including phenoxy) is 1. The van der Waals surface area contributed by atoms with Gasteiger partial charge in [-0.05, 0) is 56.0 Å². The van der Waals surface area contributed by atoms with Crippen molar-refractivity contribution in [2.45, 2.75) is 19.3 Å². The second-order valence-electron chi connectivity index (χ2n) is 5.78. The minimum Gasteiger partial charge on any atom is -0.493 e. The van der Waals surface area contributed by atoms with Crippen LogP contribution >= 0.6 is 12.4 Å². The van der Waals surface area contributed by atoms with E-state index in [1.807, 2.05) is 24.3 Å². The number of rotatable bonds is 6. The summed E-state index contributed by atoms with van der Waals surface area (Å²) in [5.41, 5.74) is 1.98. The van der Waals surface area contributed by atoms with Gasteiger partial charge in [0.15, 0.2) is 0 Å². The van der Waals surface area contributed by atoms with E-state index < -0.39 is 0 Å². The van der Waals surface area contributed by atoms with Gasteiger partial charge in [-0.3, -0.25) is 4.79 Å². The van der Waals surface area contributed by atoms with Crippen molar-refractivity contribution >= 4 is 18.3 Å². The number of hydrogen-bond donors (Lipinski definition) is 2. The first kappa shape index (κ1) is 16.8. The molecule has 0 aromatic heterocycles. The molecular formula is C17H23ClN2O2. The van der Waals surface area contributed by atoms with Gasteiger partial charge in [-0.15, -0.1) is 12.4 Å². The maximum Gasteiger partial charge on any atom is 0.251 e. The number of carbonyl (C=O) groups excluding carboxylic acids is 1. The maximum absolute atomic E-state index is 12.1. The Bertz CT molecular complexity index is 524. The van der Waals surface area contributed by atoms with Gasteiger partial charge in [0.2, 0.25) is 0 Å². The zero-order valence-corrected chi connectivity index (χ0v) is 13.5. The van der Waals surface area contributed by atoms with E-state index in [0.717, 1.165) is 37.8 Å². The zero-order chi connectivity index (χ0) is 14.5. The summed E-state index contributed by atoms with van der Waals surface area (Å²) in [7, 11) is 0. The van der Waals surface area contributed by atoms with E-state index in [1.165, 1.54) is 18.4 Å². The molecule has 5 heteroatoms. The summed E-state index contributed by atoms with van der Waals surface area (Å²) in [5.74, 6) is 1.56. The lowest BCUT2D eigenvalue weighted by molar-refractivity contribution is 0.0956. The molecule has 0 radical (unpaired) electrons. The maximum atomic E-state index is 12.1. The Labute approximate surface area is 137 Å². The third-order valence-corrected chi connectivity index (χ3v) is 3.93. The Morgan fingerprint density at radius 2 is 2.05 bits per heavy atom. The highest BCUT2D eigenvalue weighted by atomic mass is 35.5. The highest BCUT2D eigenvalue weighted by molar-refractivity contribution is 5.94. The Morgan fingerprint density at radius 1 is 1.27 bits per heavy atom. The molecule has 4 nitrogen and oxygen atoms in total. The molecule has 0 unspecified atom stereocenters. The lowest BCUT2D eigenvalue weighted by Crippen LogP contribution is -2.29. The number of benzene rings is 1. The van der Waals surface area contributed by atoms with Crippen LogP contribution in [0.25, 0.3) is 0 Å². The third kappa shape index (κ3) is 5.04. The fraction of sp³-hybridized carbons (Fsp3) is 0.471. The second kappa shape index (κ2) is 8.20. The van der Waals surface area contributed by atoms with Gasteiger partial charge in [-0.1, -0.05) is 11.6 Å². The summed E-state index contributed by atoms with van der Waals surface area (Å²) in [4.78, 5) is 12.1. The van der Waals surface area contributed by atoms with Gasteiger partial charge < -0.3 is 15.4 Å². The van der Waals surface area contributed by atoms with Crippen molar-refractivity contribution < 1.29 is 9.53 Å². The van der Waals surface area contributed by atoms with Crippen molar-refractivity contribution in [2.24, 2.45) is 5.92 Å². The first-order chi connectivity index (χ1) is 10.3. The van der Waals surface area contributed by atoms with Crippen LogP contribution in [0.15, 0.2) is 35.9 Å². The number of carbonyl (C=O) groups is 1. The Morgan fingerprint density at radius 3 is 2.68 bits per heavy atom. The van der Waals surface area contributed by atoms with Crippen LogP contribution in [-0.4, -0.2) is 32.1 Å². The molecule has 1 aromatic carbocycles. The summed E-state index contributed by atoms with van der Waals surface area (Å²) < 4.78 is 5.67. The first-order valence-electron chi connectivity index (χ1n) is 7.71. The van der Waals surface area contributed by atoms with Crippen molar-refractivity contribution in [3.63, 3.8) is 0 Å². The lowest BCUT2D eigenvalue weighted by atomic mass is 10.1. The zero-order valence-electron chi connectivity index (χ0n) is 12.6. The van der Waals surface area contributed by atoms with E-state index in [0.29, 0.717) is 12.1 Å². The fourth-order valence-electron chi connectivity index (χ4n) is 2.33. The molecule has 1 aromatic rings. The minimum atomic E-state index is -0.0248. The number of halogens is 1. The molecule has 0 atom stereocenters. The van der Waals surface area contributed by atoms with Crippen LogP contribution in [0, 0.1) is 5.92 Å². The molecule has 1 heterocycles. The molecule has 0 spiro atoms. The van der Waals surface area contributed by atoms with Gasteiger partial charge in [0.25, 0.3) is 5.91 Å². The predicted molar refractivity (Wildman–Crippen MR) is 89.8 cm³/mol. The molecule has 1 aliphatic heterocycles. The second-order valence-corrected chi connectivity index (χ2v) is 5.78. The van der Waals surface area contributed by atoms with Crippen molar-refractivity contribution in [2.75, 3.05) is 26.2 Å². The Kier molecular flexibility index (Phi) is 6.28. The molecule has 1 aliphatic carbocycles. The molecule has 0 saturated heterocycles. The van der Waals surface area contributed by atoms with Crippen molar-refractivity contribution in [3.8, 4) is 5.75 Å². The average molecular weight is 323 g/mol. The van der Waals surface area contributed by atoms with E-state index in [1.54, 1.807) is 0 Å². The first-order valence-corrected chi connectivity index (χ1v) is 7.71. The van der Waals surface area contributed by atoms with Crippen molar-refractivity contribution in [3.05, 3.63) is 41.5 Å². The van der Waals surface area contributed by atoms with E-state index in [-0.39, 0.29) is 18.3 Å². The molecule has 3 rings (SSSR count). The lowest BCUT2D eigenvalue weighted by Gasteiger charge is -2.14. The fourth-order valence-corrected chi connectivity index (χ4v) is 2.33. The van der Waals surface area contributed by atoms with Gasteiger partial charge in [0, 0.05) is 18.7 Å². The van der Waals surface area contributed by atoms with Gasteiger partial charge in [0.1, 0.15) is 5.75 Å². The van der Waals surface area contributed by atoms with E-state index >= 15 is 0 Å². The summed E-state index contributed by atoms with van der Waals surface area (Å²) >= 11 is 0. The highest BCUT2D eigenvalue weighted by Gasteiger charge is 2.21. The van der Waals surface area contributed by atoms with Crippen LogP contribution in [0.1, 0.15) is 29.6 Å². The van der Waals surface area contributed by atoms with Crippen LogP contribution in [-0.2, 0) is 0 Å². The summed E-state index contributed by atoms with van der Waals surface area (Å²) in [6, 6.07) is 7.41. The molecule has 1 amide bonds. The topological polar surface area (TPSA) is 50.4 Å². The van der Waals surface area contributed by atoms with Crippen LogP contribution in [0.3, 0.4) is 0 Å². The van der Waals surface area contributed by atoms with Crippen LogP contribution in [0.4, 0.5) is 0 Å². The molecule has 120 valence electrons. The van der Waals surface area contributed by atoms with E-state index in [9.17, 15) is 4.79 Å². The third-order valence-electron chi connectivity index (χ3n) is 3.93. The molecule has 2 aliphatic rings. The van der Waals surface area contributed by atoms with Gasteiger partial charge in [-0.2, -0.15) is 0 Å². The highest BCUT2D eigenvalue weighted by Crippen LogP contribution is 2.29. The van der Waals surface area contributed by atoms with E-state index in [2.05, 4.69) is 16.7 Å². The Hall–Kier alpha value is -1.52. The van der Waals surface area contributed by atoms with E-state index in [4.69, 9.17) is 4.74 Å². The van der Waals surface area contributed by atoms with Crippen molar-refractivity contribution in [1.29, 1.82) is 0 Å². The molecule has 2 N–H and O–H groups in total. The largest absolute Gasteiger partial charge is 0.493 e. The van der Waals surface area contributed by atoms with Crippen LogP contribution in [0.2, 0.25) is 0 Å². The van der Waals surface area contributed by atoms with Gasteiger partial charge in [-0.25, -0.2) is 0 Å². The molecular weight excluding hydrogens is 300 g/mol. The summed E-state index contributed by atoms with van der Waals surface area (Å²) in [5, 5.41) is 6.23. The standard InChI is InChI=1S/C17H22N2O2.ClH/c20-17(19-11-13-7-9-18-10-8-13)15-3-5-16(6-4-15)21-12-14-1-2-14;/h3-7,14,18H,1-2,8-12H2,(H,19,20);1H. The summed E-state index contributed by atoms with van der Waals surface area (Å²) in [6.07, 6.45) is 5.73. The Balaban J connectivity index is 0.00000176. The van der Waals surface area contributed by atoms with Crippen LogP contribution < -0.4 is 15.4 Å². The number of nitrogens with one attached hydrogen (secondary N) is 2.